The van der Waals surface area contributed by atoms with Gasteiger partial charge in [0.15, 0.2) is 0 Å². The predicted molar refractivity (Wildman–Crippen MR) is 85.8 cm³/mol. The Balaban J connectivity index is 1.86. The number of benzene rings is 2. The summed E-state index contributed by atoms with van der Waals surface area (Å²) in [4.78, 5) is 26.3. The summed E-state index contributed by atoms with van der Waals surface area (Å²) in [5, 5.41) is 0. The van der Waals surface area contributed by atoms with Gasteiger partial charge in [-0.2, -0.15) is 0 Å². The molecule has 3 nitrogen and oxygen atoms in total. The maximum absolute atomic E-state index is 12.6. The van der Waals surface area contributed by atoms with Crippen molar-refractivity contribution in [3.63, 3.8) is 0 Å². The first-order valence-electron chi connectivity index (χ1n) is 7.42. The van der Waals surface area contributed by atoms with Crippen LogP contribution in [0.4, 0.5) is 0 Å². The van der Waals surface area contributed by atoms with E-state index >= 15 is 0 Å². The summed E-state index contributed by atoms with van der Waals surface area (Å²) in [6.45, 7) is 6.74. The summed E-state index contributed by atoms with van der Waals surface area (Å²) in [5.41, 5.74) is 3.30. The van der Waals surface area contributed by atoms with Crippen molar-refractivity contribution in [3.8, 4) is 0 Å². The number of carbonyl (C=O) groups excluding carboxylic acids is 2. The fraction of sp³-hybridized carbons (Fsp3) is 0.263. The van der Waals surface area contributed by atoms with E-state index < -0.39 is 0 Å². The molecule has 1 aliphatic rings. The summed E-state index contributed by atoms with van der Waals surface area (Å²) in [5.74, 6) is -0.442. The largest absolute Gasteiger partial charge is 0.270 e. The maximum atomic E-state index is 12.6. The summed E-state index contributed by atoms with van der Waals surface area (Å²) in [6.07, 6.45) is 0. The minimum absolute atomic E-state index is 0.0429. The van der Waals surface area contributed by atoms with Crippen LogP contribution in [0.5, 0.6) is 0 Å². The quantitative estimate of drug-likeness (QED) is 0.750. The molecule has 2 amide bonds. The molecule has 0 atom stereocenters. The van der Waals surface area contributed by atoms with Crippen molar-refractivity contribution in [2.75, 3.05) is 0 Å². The average Bonchev–Trinajstić information content (AvgIpc) is 2.83. The monoisotopic (exact) mass is 293 g/mol. The average molecular weight is 293 g/mol. The minimum atomic E-state index is -0.235. The number of imide groups is 1. The number of carbonyl (C=O) groups is 2. The van der Waals surface area contributed by atoms with Crippen molar-refractivity contribution in [2.24, 2.45) is 0 Å². The Morgan fingerprint density at radius 3 is 2.23 bits per heavy atom. The summed E-state index contributed by atoms with van der Waals surface area (Å²) < 4.78 is 0. The van der Waals surface area contributed by atoms with Gasteiger partial charge in [-0.05, 0) is 34.7 Å². The van der Waals surface area contributed by atoms with Gasteiger partial charge in [0.2, 0.25) is 0 Å². The van der Waals surface area contributed by atoms with Crippen LogP contribution < -0.4 is 0 Å². The van der Waals surface area contributed by atoms with Crippen LogP contribution in [0, 0.1) is 0 Å². The van der Waals surface area contributed by atoms with Crippen LogP contribution >= 0.6 is 0 Å². The van der Waals surface area contributed by atoms with E-state index in [-0.39, 0.29) is 17.2 Å². The van der Waals surface area contributed by atoms with Crippen LogP contribution in [-0.2, 0) is 12.0 Å². The first kappa shape index (κ1) is 14.5. The molecule has 1 heterocycles. The third-order valence-corrected chi connectivity index (χ3v) is 4.06. The second kappa shape index (κ2) is 5.09. The van der Waals surface area contributed by atoms with E-state index in [4.69, 9.17) is 0 Å². The van der Waals surface area contributed by atoms with Crippen molar-refractivity contribution < 1.29 is 9.59 Å². The highest BCUT2D eigenvalue weighted by Gasteiger charge is 2.32. The van der Waals surface area contributed by atoms with Gasteiger partial charge in [-0.1, -0.05) is 51.1 Å². The van der Waals surface area contributed by atoms with Crippen LogP contribution in [0.1, 0.15) is 52.6 Å². The zero-order valence-corrected chi connectivity index (χ0v) is 13.1. The van der Waals surface area contributed by atoms with Gasteiger partial charge in [-0.15, -0.1) is 0 Å². The fourth-order valence-electron chi connectivity index (χ4n) is 2.69. The fourth-order valence-corrected chi connectivity index (χ4v) is 2.69. The SMILES string of the molecule is CC(C)(C)c1ccc(C(=O)N2Cc3ccccc3C2=O)cc1. The number of hydrogen-bond acceptors (Lipinski definition) is 2. The lowest BCUT2D eigenvalue weighted by atomic mass is 9.86. The molecule has 3 heteroatoms. The molecule has 0 N–H and O–H groups in total. The van der Waals surface area contributed by atoms with E-state index in [1.54, 1.807) is 18.2 Å². The Labute approximate surface area is 130 Å². The third kappa shape index (κ3) is 2.43. The van der Waals surface area contributed by atoms with E-state index in [9.17, 15) is 9.59 Å². The highest BCUT2D eigenvalue weighted by atomic mass is 16.2. The van der Waals surface area contributed by atoms with Gasteiger partial charge in [0.1, 0.15) is 0 Å². The maximum Gasteiger partial charge on any atom is 0.261 e. The Hall–Kier alpha value is -2.42. The van der Waals surface area contributed by atoms with Crippen LogP contribution in [0.15, 0.2) is 48.5 Å². The van der Waals surface area contributed by atoms with Gasteiger partial charge in [0, 0.05) is 11.1 Å². The molecule has 0 aliphatic carbocycles. The van der Waals surface area contributed by atoms with Gasteiger partial charge < -0.3 is 0 Å². The molecule has 22 heavy (non-hydrogen) atoms. The number of hydrogen-bond donors (Lipinski definition) is 0. The summed E-state index contributed by atoms with van der Waals surface area (Å²) in [7, 11) is 0. The summed E-state index contributed by atoms with van der Waals surface area (Å²) >= 11 is 0. The van der Waals surface area contributed by atoms with Crippen LogP contribution in [0.3, 0.4) is 0 Å². The molecule has 2 aromatic rings. The molecular formula is C19H19NO2. The molecule has 0 saturated heterocycles. The van der Waals surface area contributed by atoms with Crippen LogP contribution in [0.2, 0.25) is 0 Å². The molecule has 2 aromatic carbocycles. The lowest BCUT2D eigenvalue weighted by molar-refractivity contribution is 0.0631. The minimum Gasteiger partial charge on any atom is -0.270 e. The number of rotatable bonds is 1. The molecule has 0 saturated carbocycles. The lowest BCUT2D eigenvalue weighted by Gasteiger charge is -2.20. The van der Waals surface area contributed by atoms with Crippen molar-refractivity contribution in [1.82, 2.24) is 4.90 Å². The van der Waals surface area contributed by atoms with E-state index in [2.05, 4.69) is 20.8 Å². The zero-order chi connectivity index (χ0) is 15.9. The Bertz CT molecular complexity index is 739. The Kier molecular flexibility index (Phi) is 3.36. The van der Waals surface area contributed by atoms with Crippen molar-refractivity contribution in [2.45, 2.75) is 32.7 Å². The van der Waals surface area contributed by atoms with Crippen molar-refractivity contribution in [3.05, 3.63) is 70.8 Å². The normalized spacial score (nSPS) is 14.1. The smallest absolute Gasteiger partial charge is 0.261 e. The highest BCUT2D eigenvalue weighted by Crippen LogP contribution is 2.26. The molecule has 1 aliphatic heterocycles. The highest BCUT2D eigenvalue weighted by molar-refractivity contribution is 6.12. The van der Waals surface area contributed by atoms with Gasteiger partial charge in [-0.3, -0.25) is 14.5 Å². The molecule has 0 bridgehead atoms. The molecule has 0 unspecified atom stereocenters. The molecule has 3 rings (SSSR count). The van der Waals surface area contributed by atoms with Gasteiger partial charge in [0.05, 0.1) is 6.54 Å². The third-order valence-electron chi connectivity index (χ3n) is 4.06. The Morgan fingerprint density at radius 2 is 1.64 bits per heavy atom. The number of fused-ring (bicyclic) bond motifs is 1. The van der Waals surface area contributed by atoms with Crippen LogP contribution in [0.25, 0.3) is 0 Å². The van der Waals surface area contributed by atoms with Crippen LogP contribution in [-0.4, -0.2) is 16.7 Å². The summed E-state index contributed by atoms with van der Waals surface area (Å²) in [6, 6.07) is 14.9. The predicted octanol–water partition coefficient (Wildman–Crippen LogP) is 3.78. The Morgan fingerprint density at radius 1 is 1.00 bits per heavy atom. The second-order valence-corrected chi connectivity index (χ2v) is 6.68. The molecule has 0 aromatic heterocycles. The van der Waals surface area contributed by atoms with Crippen molar-refractivity contribution in [1.29, 1.82) is 0 Å². The zero-order valence-electron chi connectivity index (χ0n) is 13.1. The molecule has 112 valence electrons. The van der Waals surface area contributed by atoms with Gasteiger partial charge >= 0.3 is 0 Å². The van der Waals surface area contributed by atoms with E-state index in [0.717, 1.165) is 5.56 Å². The molecular weight excluding hydrogens is 274 g/mol. The first-order valence-corrected chi connectivity index (χ1v) is 7.42. The van der Waals surface area contributed by atoms with E-state index in [1.807, 2.05) is 30.3 Å². The molecule has 0 fully saturated rings. The second-order valence-electron chi connectivity index (χ2n) is 6.68. The van der Waals surface area contributed by atoms with Gasteiger partial charge in [0.25, 0.3) is 11.8 Å². The molecule has 0 radical (unpaired) electrons. The first-order chi connectivity index (χ1) is 10.4. The van der Waals surface area contributed by atoms with Gasteiger partial charge in [-0.25, -0.2) is 0 Å². The van der Waals surface area contributed by atoms with E-state index in [1.165, 1.54) is 10.5 Å². The number of nitrogens with zero attached hydrogens (tertiary/aromatic N) is 1. The number of amides is 2. The topological polar surface area (TPSA) is 37.4 Å². The van der Waals surface area contributed by atoms with Crippen molar-refractivity contribution >= 4 is 11.8 Å². The van der Waals surface area contributed by atoms with E-state index in [0.29, 0.717) is 17.7 Å². The molecule has 0 spiro atoms. The lowest BCUT2D eigenvalue weighted by Crippen LogP contribution is -2.31. The standard InChI is InChI=1S/C19H19NO2/c1-19(2,3)15-10-8-13(9-11-15)17(21)20-12-14-6-4-5-7-16(14)18(20)22/h4-11H,12H2,1-3H3.